The maximum atomic E-state index is 5.89. The van der Waals surface area contributed by atoms with Crippen LogP contribution in [0.3, 0.4) is 0 Å². The fourth-order valence-corrected chi connectivity index (χ4v) is 2.11. The van der Waals surface area contributed by atoms with E-state index in [1.807, 2.05) is 18.2 Å². The van der Waals surface area contributed by atoms with Crippen molar-refractivity contribution in [1.82, 2.24) is 0 Å². The lowest BCUT2D eigenvalue weighted by atomic mass is 10.0. The number of methoxy groups -OCH3 is 2. The summed E-state index contributed by atoms with van der Waals surface area (Å²) in [5, 5.41) is 0. The third-order valence-electron chi connectivity index (χ3n) is 3.41. The molecule has 0 aliphatic rings. The molecule has 2 aromatic rings. The first-order valence-electron chi connectivity index (χ1n) is 7.08. The molecule has 0 fully saturated rings. The predicted octanol–water partition coefficient (Wildman–Crippen LogP) is 4.41. The van der Waals surface area contributed by atoms with Crippen LogP contribution >= 0.6 is 0 Å². The smallest absolute Gasteiger partial charge is 0.203 e. The third kappa shape index (κ3) is 3.69. The van der Waals surface area contributed by atoms with E-state index in [-0.39, 0.29) is 0 Å². The van der Waals surface area contributed by atoms with Gasteiger partial charge in [-0.05, 0) is 29.2 Å². The average Bonchev–Trinajstić information content (AvgIpc) is 2.52. The molecule has 0 bridgehead atoms. The van der Waals surface area contributed by atoms with Crippen LogP contribution in [0, 0.1) is 0 Å². The van der Waals surface area contributed by atoms with Crippen LogP contribution in [0.5, 0.6) is 17.2 Å². The monoisotopic (exact) mass is 286 g/mol. The van der Waals surface area contributed by atoms with Crippen molar-refractivity contribution in [3.8, 4) is 17.2 Å². The summed E-state index contributed by atoms with van der Waals surface area (Å²) in [5.41, 5.74) is 2.45. The highest BCUT2D eigenvalue weighted by atomic mass is 16.5. The Kier molecular flexibility index (Phi) is 5.09. The van der Waals surface area contributed by atoms with Gasteiger partial charge in [0.15, 0.2) is 11.5 Å². The first-order chi connectivity index (χ1) is 10.2. The van der Waals surface area contributed by atoms with E-state index in [0.29, 0.717) is 29.8 Å². The molecule has 3 nitrogen and oxygen atoms in total. The van der Waals surface area contributed by atoms with E-state index in [0.717, 1.165) is 5.56 Å². The number of benzene rings is 2. The molecule has 0 atom stereocenters. The van der Waals surface area contributed by atoms with Gasteiger partial charge < -0.3 is 14.2 Å². The molecule has 0 radical (unpaired) electrons. The Morgan fingerprint density at radius 2 is 1.43 bits per heavy atom. The first kappa shape index (κ1) is 15.2. The summed E-state index contributed by atoms with van der Waals surface area (Å²) in [6.07, 6.45) is 0. The lowest BCUT2D eigenvalue weighted by Gasteiger charge is -2.14. The van der Waals surface area contributed by atoms with Crippen molar-refractivity contribution >= 4 is 0 Å². The predicted molar refractivity (Wildman–Crippen MR) is 84.4 cm³/mol. The van der Waals surface area contributed by atoms with Crippen molar-refractivity contribution in [3.05, 3.63) is 53.6 Å². The Hall–Kier alpha value is -2.16. The van der Waals surface area contributed by atoms with Gasteiger partial charge in [-0.1, -0.05) is 44.2 Å². The summed E-state index contributed by atoms with van der Waals surface area (Å²) >= 11 is 0. The molecule has 0 unspecified atom stereocenters. The molecule has 112 valence electrons. The van der Waals surface area contributed by atoms with Crippen LogP contribution in [-0.4, -0.2) is 14.2 Å². The van der Waals surface area contributed by atoms with Crippen LogP contribution in [0.15, 0.2) is 42.5 Å². The van der Waals surface area contributed by atoms with Gasteiger partial charge in [0.1, 0.15) is 6.61 Å². The van der Waals surface area contributed by atoms with Gasteiger partial charge >= 0.3 is 0 Å². The van der Waals surface area contributed by atoms with Crippen molar-refractivity contribution in [3.63, 3.8) is 0 Å². The highest BCUT2D eigenvalue weighted by Gasteiger charge is 2.11. The zero-order valence-electron chi connectivity index (χ0n) is 13.1. The molecule has 2 rings (SSSR count). The zero-order chi connectivity index (χ0) is 15.2. The maximum Gasteiger partial charge on any atom is 0.203 e. The summed E-state index contributed by atoms with van der Waals surface area (Å²) in [6.45, 7) is 4.85. The molecule has 0 amide bonds. The zero-order valence-corrected chi connectivity index (χ0v) is 13.1. The summed E-state index contributed by atoms with van der Waals surface area (Å²) < 4.78 is 16.5. The Bertz CT molecular complexity index is 551. The lowest BCUT2D eigenvalue weighted by molar-refractivity contribution is 0.266. The molecule has 0 aliphatic carbocycles. The fourth-order valence-electron chi connectivity index (χ4n) is 2.11. The van der Waals surface area contributed by atoms with Crippen LogP contribution in [0.1, 0.15) is 30.9 Å². The molecule has 3 heteroatoms. The highest BCUT2D eigenvalue weighted by Crippen LogP contribution is 2.37. The number of para-hydroxylation sites is 1. The van der Waals surface area contributed by atoms with E-state index in [9.17, 15) is 0 Å². The van der Waals surface area contributed by atoms with Gasteiger partial charge in [0.05, 0.1) is 14.2 Å². The van der Waals surface area contributed by atoms with E-state index in [1.165, 1.54) is 5.56 Å². The van der Waals surface area contributed by atoms with Crippen LogP contribution in [0.25, 0.3) is 0 Å². The van der Waals surface area contributed by atoms with E-state index < -0.39 is 0 Å². The quantitative estimate of drug-likeness (QED) is 0.787. The average molecular weight is 286 g/mol. The number of hydrogen-bond acceptors (Lipinski definition) is 3. The van der Waals surface area contributed by atoms with Crippen molar-refractivity contribution in [2.45, 2.75) is 26.4 Å². The van der Waals surface area contributed by atoms with Crippen LogP contribution in [0.2, 0.25) is 0 Å². The molecule has 0 aromatic heterocycles. The lowest BCUT2D eigenvalue weighted by Crippen LogP contribution is -2.00. The van der Waals surface area contributed by atoms with E-state index in [1.54, 1.807) is 14.2 Å². The van der Waals surface area contributed by atoms with E-state index in [4.69, 9.17) is 14.2 Å². The van der Waals surface area contributed by atoms with Gasteiger partial charge in [0.25, 0.3) is 0 Å². The Labute approximate surface area is 126 Å². The molecular formula is C18H22O3. The maximum absolute atomic E-state index is 5.89. The summed E-state index contributed by atoms with van der Waals surface area (Å²) in [6, 6.07) is 14.1. The third-order valence-corrected chi connectivity index (χ3v) is 3.41. The Morgan fingerprint density at radius 1 is 0.857 bits per heavy atom. The number of hydrogen-bond donors (Lipinski definition) is 0. The number of ether oxygens (including phenoxy) is 3. The molecule has 0 saturated heterocycles. The first-order valence-corrected chi connectivity index (χ1v) is 7.08. The molecular weight excluding hydrogens is 264 g/mol. The minimum Gasteiger partial charge on any atom is -0.493 e. The molecule has 2 aromatic carbocycles. The topological polar surface area (TPSA) is 27.7 Å². The second kappa shape index (κ2) is 7.02. The molecule has 0 saturated carbocycles. The Balaban J connectivity index is 2.12. The second-order valence-corrected chi connectivity index (χ2v) is 5.18. The second-order valence-electron chi connectivity index (χ2n) is 5.18. The van der Waals surface area contributed by atoms with E-state index in [2.05, 4.69) is 38.1 Å². The molecule has 0 N–H and O–H groups in total. The van der Waals surface area contributed by atoms with Gasteiger partial charge in [-0.3, -0.25) is 0 Å². The van der Waals surface area contributed by atoms with Crippen molar-refractivity contribution in [2.24, 2.45) is 0 Å². The van der Waals surface area contributed by atoms with Gasteiger partial charge in [-0.25, -0.2) is 0 Å². The standard InChI is InChI=1S/C18H22O3/c1-13(2)15-10-8-14(9-11-15)12-21-18-16(19-3)6-5-7-17(18)20-4/h5-11,13H,12H2,1-4H3. The van der Waals surface area contributed by atoms with Gasteiger partial charge in [-0.2, -0.15) is 0 Å². The minimum atomic E-state index is 0.481. The fraction of sp³-hybridized carbons (Fsp3) is 0.333. The summed E-state index contributed by atoms with van der Waals surface area (Å²) in [4.78, 5) is 0. The minimum absolute atomic E-state index is 0.481. The normalized spacial score (nSPS) is 10.5. The SMILES string of the molecule is COc1cccc(OC)c1OCc1ccc(C(C)C)cc1. The molecule has 0 heterocycles. The van der Waals surface area contributed by atoms with E-state index >= 15 is 0 Å². The van der Waals surface area contributed by atoms with Gasteiger partial charge in [-0.15, -0.1) is 0 Å². The molecule has 21 heavy (non-hydrogen) atoms. The van der Waals surface area contributed by atoms with Crippen molar-refractivity contribution in [2.75, 3.05) is 14.2 Å². The molecule has 0 spiro atoms. The van der Waals surface area contributed by atoms with Crippen LogP contribution in [0.4, 0.5) is 0 Å². The summed E-state index contributed by atoms with van der Waals surface area (Å²) in [5.74, 6) is 2.52. The van der Waals surface area contributed by atoms with Crippen molar-refractivity contribution in [1.29, 1.82) is 0 Å². The largest absolute Gasteiger partial charge is 0.493 e. The van der Waals surface area contributed by atoms with Gasteiger partial charge in [0, 0.05) is 0 Å². The summed E-state index contributed by atoms with van der Waals surface area (Å²) in [7, 11) is 3.25. The van der Waals surface area contributed by atoms with Gasteiger partial charge in [0.2, 0.25) is 5.75 Å². The van der Waals surface area contributed by atoms with Crippen LogP contribution < -0.4 is 14.2 Å². The van der Waals surface area contributed by atoms with Crippen LogP contribution in [-0.2, 0) is 6.61 Å². The molecule has 0 aliphatic heterocycles. The van der Waals surface area contributed by atoms with Crippen molar-refractivity contribution < 1.29 is 14.2 Å². The Morgan fingerprint density at radius 3 is 1.90 bits per heavy atom. The number of rotatable bonds is 6. The highest BCUT2D eigenvalue weighted by molar-refractivity contribution is 5.51.